The summed E-state index contributed by atoms with van der Waals surface area (Å²) in [7, 11) is 1.92. The monoisotopic (exact) mass is 436 g/mol. The van der Waals surface area contributed by atoms with Gasteiger partial charge in [-0.05, 0) is 31.5 Å². The third kappa shape index (κ3) is 3.21. The van der Waals surface area contributed by atoms with Crippen LogP contribution < -0.4 is 0 Å². The van der Waals surface area contributed by atoms with E-state index in [1.54, 1.807) is 10.7 Å². The van der Waals surface area contributed by atoms with Crippen molar-refractivity contribution in [3.63, 3.8) is 0 Å². The molecule has 3 aromatic heterocycles. The number of fused-ring (bicyclic) bond motifs is 3. The van der Waals surface area contributed by atoms with Crippen molar-refractivity contribution in [3.05, 3.63) is 76.6 Å². The number of benzene rings is 2. The first-order chi connectivity index (χ1) is 15.2. The molecule has 2 aromatic carbocycles. The van der Waals surface area contributed by atoms with Crippen molar-refractivity contribution in [1.82, 2.24) is 29.5 Å². The van der Waals surface area contributed by atoms with Crippen LogP contribution in [0.5, 0.6) is 0 Å². The lowest BCUT2D eigenvalue weighted by atomic mass is 10.0. The third-order valence-electron chi connectivity index (χ3n) is 5.76. The molecule has 9 heteroatoms. The molecule has 5 rings (SSSR count). The molecule has 0 aliphatic carbocycles. The van der Waals surface area contributed by atoms with Gasteiger partial charge in [0.1, 0.15) is 5.52 Å². The Bertz CT molecular complexity index is 1480. The summed E-state index contributed by atoms with van der Waals surface area (Å²) in [4.78, 5) is 4.69. The molecule has 6 nitrogen and oxygen atoms in total. The number of halogens is 3. The summed E-state index contributed by atoms with van der Waals surface area (Å²) < 4.78 is 42.8. The Morgan fingerprint density at radius 1 is 0.969 bits per heavy atom. The van der Waals surface area contributed by atoms with Crippen LogP contribution in [0.1, 0.15) is 28.1 Å². The van der Waals surface area contributed by atoms with Crippen LogP contribution in [0, 0.1) is 13.8 Å². The normalized spacial score (nSPS) is 12.2. The van der Waals surface area contributed by atoms with Crippen molar-refractivity contribution in [2.75, 3.05) is 0 Å². The van der Waals surface area contributed by atoms with Crippen molar-refractivity contribution >= 4 is 22.1 Å². The molecular formula is C23H19F3N6. The van der Waals surface area contributed by atoms with Crippen LogP contribution in [0.15, 0.2) is 48.5 Å². The first kappa shape index (κ1) is 20.2. The number of nitrogens with zero attached hydrogens (tertiary/aromatic N) is 6. The second-order valence-corrected chi connectivity index (χ2v) is 7.80. The fourth-order valence-electron chi connectivity index (χ4n) is 4.08. The van der Waals surface area contributed by atoms with Gasteiger partial charge >= 0.3 is 6.18 Å². The van der Waals surface area contributed by atoms with Gasteiger partial charge < -0.3 is 4.57 Å². The number of hydrogen-bond acceptors (Lipinski definition) is 4. The summed E-state index contributed by atoms with van der Waals surface area (Å²) in [5, 5.41) is 14.2. The molecule has 5 aromatic rings. The second kappa shape index (κ2) is 7.15. The molecule has 0 saturated heterocycles. The highest BCUT2D eigenvalue weighted by Crippen LogP contribution is 2.31. The Labute approximate surface area is 181 Å². The van der Waals surface area contributed by atoms with Gasteiger partial charge in [0.2, 0.25) is 0 Å². The lowest BCUT2D eigenvalue weighted by Crippen LogP contribution is -2.08. The SMILES string of the molecule is Cc1nn(-c2nnc3c4ccccc4n(C)c3n2)c(C)c1Cc1cccc(C(F)(F)F)c1. The lowest BCUT2D eigenvalue weighted by Gasteiger charge is -2.09. The molecule has 0 saturated carbocycles. The zero-order valence-corrected chi connectivity index (χ0v) is 17.6. The second-order valence-electron chi connectivity index (χ2n) is 7.80. The molecule has 162 valence electrons. The zero-order chi connectivity index (χ0) is 22.6. The van der Waals surface area contributed by atoms with E-state index in [0.29, 0.717) is 34.8 Å². The molecule has 32 heavy (non-hydrogen) atoms. The fraction of sp³-hybridized carbons (Fsp3) is 0.217. The van der Waals surface area contributed by atoms with Gasteiger partial charge in [-0.25, -0.2) is 4.68 Å². The van der Waals surface area contributed by atoms with Gasteiger partial charge in [0, 0.05) is 30.1 Å². The molecule has 0 unspecified atom stereocenters. The van der Waals surface area contributed by atoms with Crippen molar-refractivity contribution in [1.29, 1.82) is 0 Å². The maximum Gasteiger partial charge on any atom is 0.416 e. The Morgan fingerprint density at radius 2 is 1.75 bits per heavy atom. The molecule has 0 N–H and O–H groups in total. The quantitative estimate of drug-likeness (QED) is 0.402. The number of rotatable bonds is 3. The Morgan fingerprint density at radius 3 is 2.53 bits per heavy atom. The van der Waals surface area contributed by atoms with Gasteiger partial charge in [-0.15, -0.1) is 10.2 Å². The van der Waals surface area contributed by atoms with E-state index in [1.165, 1.54) is 12.1 Å². The van der Waals surface area contributed by atoms with Crippen LogP contribution in [0.3, 0.4) is 0 Å². The van der Waals surface area contributed by atoms with Crippen LogP contribution in [-0.4, -0.2) is 29.5 Å². The Balaban J connectivity index is 1.56. The largest absolute Gasteiger partial charge is 0.416 e. The Hall–Kier alpha value is -3.75. The van der Waals surface area contributed by atoms with Crippen LogP contribution >= 0.6 is 0 Å². The maximum atomic E-state index is 13.1. The van der Waals surface area contributed by atoms with E-state index in [0.717, 1.165) is 28.2 Å². The van der Waals surface area contributed by atoms with Gasteiger partial charge in [0.25, 0.3) is 5.95 Å². The summed E-state index contributed by atoms with van der Waals surface area (Å²) in [6, 6.07) is 13.2. The van der Waals surface area contributed by atoms with Crippen molar-refractivity contribution < 1.29 is 13.2 Å². The standard InChI is InChI=1S/C23H19F3N6/c1-13-18(12-15-7-6-8-16(11-15)23(24,25)26)14(2)32(30-13)22-27-21-20(28-29-22)17-9-4-5-10-19(17)31(21)3/h4-11H,12H2,1-3H3. The molecule has 0 radical (unpaired) electrons. The molecular weight excluding hydrogens is 417 g/mol. The van der Waals surface area contributed by atoms with Gasteiger partial charge in [0.05, 0.1) is 16.8 Å². The highest BCUT2D eigenvalue weighted by atomic mass is 19.4. The molecule has 0 aliphatic heterocycles. The molecule has 0 aliphatic rings. The van der Waals surface area contributed by atoms with Crippen LogP contribution in [0.4, 0.5) is 13.2 Å². The highest BCUT2D eigenvalue weighted by Gasteiger charge is 2.30. The smallest absolute Gasteiger partial charge is 0.327 e. The summed E-state index contributed by atoms with van der Waals surface area (Å²) in [6.45, 7) is 3.69. The minimum Gasteiger partial charge on any atom is -0.327 e. The predicted molar refractivity (Wildman–Crippen MR) is 115 cm³/mol. The van der Waals surface area contributed by atoms with Crippen LogP contribution in [-0.2, 0) is 19.6 Å². The van der Waals surface area contributed by atoms with E-state index < -0.39 is 11.7 Å². The van der Waals surface area contributed by atoms with E-state index >= 15 is 0 Å². The molecule has 0 fully saturated rings. The first-order valence-electron chi connectivity index (χ1n) is 10.0. The van der Waals surface area contributed by atoms with E-state index in [2.05, 4.69) is 15.3 Å². The third-order valence-corrected chi connectivity index (χ3v) is 5.76. The lowest BCUT2D eigenvalue weighted by molar-refractivity contribution is -0.137. The molecule has 0 bridgehead atoms. The number of alkyl halides is 3. The van der Waals surface area contributed by atoms with Gasteiger partial charge in [0.15, 0.2) is 5.65 Å². The molecule has 3 heterocycles. The van der Waals surface area contributed by atoms with E-state index in [1.807, 2.05) is 49.7 Å². The average molecular weight is 436 g/mol. The zero-order valence-electron chi connectivity index (χ0n) is 17.6. The van der Waals surface area contributed by atoms with Gasteiger partial charge in [-0.1, -0.05) is 36.4 Å². The number of hydrogen-bond donors (Lipinski definition) is 0. The van der Waals surface area contributed by atoms with Gasteiger partial charge in [-0.3, -0.25) is 0 Å². The highest BCUT2D eigenvalue weighted by molar-refractivity contribution is 6.03. The van der Waals surface area contributed by atoms with E-state index in [9.17, 15) is 13.2 Å². The van der Waals surface area contributed by atoms with Crippen molar-refractivity contribution in [3.8, 4) is 5.95 Å². The molecule has 0 atom stereocenters. The average Bonchev–Trinajstić information content (AvgIpc) is 3.22. The first-order valence-corrected chi connectivity index (χ1v) is 10.0. The summed E-state index contributed by atoms with van der Waals surface area (Å²) >= 11 is 0. The Kier molecular flexibility index (Phi) is 4.51. The van der Waals surface area contributed by atoms with Gasteiger partial charge in [-0.2, -0.15) is 23.3 Å². The summed E-state index contributed by atoms with van der Waals surface area (Å²) in [5.74, 6) is 0.319. The van der Waals surface area contributed by atoms with E-state index in [-0.39, 0.29) is 0 Å². The van der Waals surface area contributed by atoms with Crippen LogP contribution in [0.2, 0.25) is 0 Å². The van der Waals surface area contributed by atoms with Crippen LogP contribution in [0.25, 0.3) is 28.0 Å². The van der Waals surface area contributed by atoms with E-state index in [4.69, 9.17) is 4.98 Å². The minimum atomic E-state index is -4.38. The molecule has 0 spiro atoms. The summed E-state index contributed by atoms with van der Waals surface area (Å²) in [6.07, 6.45) is -4.05. The number of para-hydroxylation sites is 1. The molecule has 0 amide bonds. The van der Waals surface area contributed by atoms with Crippen molar-refractivity contribution in [2.24, 2.45) is 7.05 Å². The number of aryl methyl sites for hydroxylation is 2. The fourth-order valence-corrected chi connectivity index (χ4v) is 4.08. The predicted octanol–water partition coefficient (Wildman–Crippen LogP) is 4.93. The van der Waals surface area contributed by atoms with Crippen molar-refractivity contribution in [2.45, 2.75) is 26.4 Å². The number of aromatic nitrogens is 6. The maximum absolute atomic E-state index is 13.1. The topological polar surface area (TPSA) is 61.4 Å². The summed E-state index contributed by atoms with van der Waals surface area (Å²) in [5.41, 5.74) is 4.60. The minimum absolute atomic E-state index is 0.319.